The molecule has 2 aliphatic heterocycles. The first-order valence-corrected chi connectivity index (χ1v) is 6.97. The zero-order valence-corrected chi connectivity index (χ0v) is 11.6. The van der Waals surface area contributed by atoms with Gasteiger partial charge in [-0.1, -0.05) is 11.6 Å². The number of carboxylic acid groups (broad SMARTS) is 1. The molecule has 2 fully saturated rings. The van der Waals surface area contributed by atoms with E-state index < -0.39 is 6.09 Å². The third-order valence-electron chi connectivity index (χ3n) is 4.05. The predicted molar refractivity (Wildman–Crippen MR) is 74.9 cm³/mol. The molecule has 2 saturated heterocycles. The zero-order valence-electron chi connectivity index (χ0n) is 10.9. The van der Waals surface area contributed by atoms with Gasteiger partial charge in [-0.05, 0) is 18.8 Å². The van der Waals surface area contributed by atoms with Crippen molar-refractivity contribution in [2.24, 2.45) is 5.92 Å². The number of likely N-dealkylation sites (tertiary alicyclic amines) is 1. The van der Waals surface area contributed by atoms with Crippen molar-refractivity contribution in [1.29, 1.82) is 0 Å². The van der Waals surface area contributed by atoms with E-state index in [0.29, 0.717) is 30.0 Å². The fourth-order valence-electron chi connectivity index (χ4n) is 3.19. The van der Waals surface area contributed by atoms with E-state index in [2.05, 4.69) is 9.97 Å². The molecule has 3 N–H and O–H groups in total. The SMILES string of the molecule is Nc1nc(Cl)cc(N2CC3CCCN(C(=O)O)C3C2)n1. The van der Waals surface area contributed by atoms with Gasteiger partial charge < -0.3 is 20.6 Å². The number of fused-ring (bicyclic) bond motifs is 1. The Morgan fingerprint density at radius 3 is 2.95 bits per heavy atom. The normalized spacial score (nSPS) is 25.6. The van der Waals surface area contributed by atoms with Gasteiger partial charge in [-0.3, -0.25) is 0 Å². The number of piperidine rings is 1. The van der Waals surface area contributed by atoms with Crippen LogP contribution in [0, 0.1) is 5.92 Å². The first-order chi connectivity index (χ1) is 9.54. The Balaban J connectivity index is 1.83. The Morgan fingerprint density at radius 2 is 2.25 bits per heavy atom. The molecule has 1 amide bonds. The molecule has 0 saturated carbocycles. The predicted octanol–water partition coefficient (Wildman–Crippen LogP) is 1.29. The molecule has 1 aromatic rings. The molecule has 1 aromatic heterocycles. The number of hydrogen-bond acceptors (Lipinski definition) is 5. The number of carbonyl (C=O) groups is 1. The second-order valence-corrected chi connectivity index (χ2v) is 5.64. The van der Waals surface area contributed by atoms with Crippen molar-refractivity contribution in [2.45, 2.75) is 18.9 Å². The van der Waals surface area contributed by atoms with E-state index in [9.17, 15) is 9.90 Å². The van der Waals surface area contributed by atoms with Gasteiger partial charge in [-0.25, -0.2) is 9.78 Å². The highest BCUT2D eigenvalue weighted by Crippen LogP contribution is 2.33. The summed E-state index contributed by atoms with van der Waals surface area (Å²) >= 11 is 5.90. The van der Waals surface area contributed by atoms with Gasteiger partial charge in [0.15, 0.2) is 0 Å². The van der Waals surface area contributed by atoms with E-state index in [1.54, 1.807) is 11.0 Å². The largest absolute Gasteiger partial charge is 0.465 e. The number of hydrogen-bond donors (Lipinski definition) is 2. The van der Waals surface area contributed by atoms with E-state index in [1.165, 1.54) is 0 Å². The highest BCUT2D eigenvalue weighted by atomic mass is 35.5. The molecule has 0 spiro atoms. The lowest BCUT2D eigenvalue weighted by Crippen LogP contribution is -2.47. The van der Waals surface area contributed by atoms with E-state index in [4.69, 9.17) is 17.3 Å². The average molecular weight is 298 g/mol. The van der Waals surface area contributed by atoms with Gasteiger partial charge in [0.1, 0.15) is 11.0 Å². The molecule has 0 radical (unpaired) electrons. The maximum absolute atomic E-state index is 11.3. The summed E-state index contributed by atoms with van der Waals surface area (Å²) in [5, 5.41) is 9.57. The van der Waals surface area contributed by atoms with Crippen LogP contribution in [0.15, 0.2) is 6.07 Å². The Hall–Kier alpha value is -1.76. The molecule has 108 valence electrons. The van der Waals surface area contributed by atoms with E-state index >= 15 is 0 Å². The molecular formula is C12H16ClN5O2. The van der Waals surface area contributed by atoms with E-state index in [0.717, 1.165) is 19.4 Å². The number of amides is 1. The molecule has 0 aromatic carbocycles. The Labute approximate surface area is 121 Å². The third-order valence-corrected chi connectivity index (χ3v) is 4.24. The standard InChI is InChI=1S/C12H16ClN5O2/c13-9-4-10(16-11(14)15-9)17-5-7-2-1-3-18(12(19)20)8(7)6-17/h4,7-8H,1-3,5-6H2,(H,19,20)(H2,14,15,16). The molecule has 3 heterocycles. The van der Waals surface area contributed by atoms with Crippen molar-refractivity contribution in [3.8, 4) is 0 Å². The molecule has 8 heteroatoms. The van der Waals surface area contributed by atoms with Crippen molar-refractivity contribution >= 4 is 29.5 Å². The minimum atomic E-state index is -0.846. The third kappa shape index (κ3) is 2.33. The molecule has 3 rings (SSSR count). The lowest BCUT2D eigenvalue weighted by atomic mass is 9.92. The zero-order chi connectivity index (χ0) is 14.3. The number of nitrogen functional groups attached to an aromatic ring is 1. The van der Waals surface area contributed by atoms with Gasteiger partial charge in [0, 0.05) is 25.7 Å². The number of nitrogens with zero attached hydrogens (tertiary/aromatic N) is 4. The Kier molecular flexibility index (Phi) is 3.29. The number of aromatic nitrogens is 2. The molecule has 0 aliphatic carbocycles. The second-order valence-electron chi connectivity index (χ2n) is 5.26. The topological polar surface area (TPSA) is 95.6 Å². The Morgan fingerprint density at radius 1 is 1.45 bits per heavy atom. The van der Waals surface area contributed by atoms with E-state index in [1.807, 2.05) is 4.90 Å². The molecule has 7 nitrogen and oxygen atoms in total. The van der Waals surface area contributed by atoms with Gasteiger partial charge in [-0.15, -0.1) is 0 Å². The van der Waals surface area contributed by atoms with Gasteiger partial charge in [-0.2, -0.15) is 4.98 Å². The van der Waals surface area contributed by atoms with Crippen molar-refractivity contribution in [2.75, 3.05) is 30.3 Å². The fourth-order valence-corrected chi connectivity index (χ4v) is 3.37. The smallest absolute Gasteiger partial charge is 0.407 e. The van der Waals surface area contributed by atoms with Gasteiger partial charge in [0.25, 0.3) is 0 Å². The number of halogens is 1. The summed E-state index contributed by atoms with van der Waals surface area (Å²) in [7, 11) is 0. The van der Waals surface area contributed by atoms with Crippen LogP contribution in [0.3, 0.4) is 0 Å². The van der Waals surface area contributed by atoms with Crippen LogP contribution in [0.4, 0.5) is 16.6 Å². The Bertz CT molecular complexity index is 520. The molecule has 2 unspecified atom stereocenters. The summed E-state index contributed by atoms with van der Waals surface area (Å²) in [5.74, 6) is 1.15. The summed E-state index contributed by atoms with van der Waals surface area (Å²) in [5.41, 5.74) is 5.61. The van der Waals surface area contributed by atoms with Crippen molar-refractivity contribution in [3.63, 3.8) is 0 Å². The maximum Gasteiger partial charge on any atom is 0.407 e. The average Bonchev–Trinajstić information content (AvgIpc) is 2.80. The maximum atomic E-state index is 11.3. The number of anilines is 2. The fraction of sp³-hybridized carbons (Fsp3) is 0.583. The van der Waals surface area contributed by atoms with Crippen LogP contribution >= 0.6 is 11.6 Å². The number of nitrogens with two attached hydrogens (primary N) is 1. The van der Waals surface area contributed by atoms with Gasteiger partial charge >= 0.3 is 6.09 Å². The summed E-state index contributed by atoms with van der Waals surface area (Å²) in [4.78, 5) is 22.9. The van der Waals surface area contributed by atoms with Crippen LogP contribution in [0.2, 0.25) is 5.15 Å². The molecule has 2 atom stereocenters. The molecule has 20 heavy (non-hydrogen) atoms. The monoisotopic (exact) mass is 297 g/mol. The quantitative estimate of drug-likeness (QED) is 0.758. The van der Waals surface area contributed by atoms with Crippen LogP contribution in [-0.2, 0) is 0 Å². The van der Waals surface area contributed by atoms with Crippen molar-refractivity contribution < 1.29 is 9.90 Å². The van der Waals surface area contributed by atoms with Crippen LogP contribution in [0.25, 0.3) is 0 Å². The van der Waals surface area contributed by atoms with Crippen LogP contribution in [0.5, 0.6) is 0 Å². The summed E-state index contributed by atoms with van der Waals surface area (Å²) in [6.07, 6.45) is 1.11. The summed E-state index contributed by atoms with van der Waals surface area (Å²) in [6, 6.07) is 1.69. The summed E-state index contributed by atoms with van der Waals surface area (Å²) in [6.45, 7) is 2.02. The van der Waals surface area contributed by atoms with Crippen molar-refractivity contribution in [3.05, 3.63) is 11.2 Å². The highest BCUT2D eigenvalue weighted by molar-refractivity contribution is 6.29. The van der Waals surface area contributed by atoms with Crippen LogP contribution in [-0.4, -0.2) is 51.7 Å². The number of rotatable bonds is 1. The minimum absolute atomic E-state index is 0.0243. The molecule has 0 bridgehead atoms. The van der Waals surface area contributed by atoms with Crippen LogP contribution in [0.1, 0.15) is 12.8 Å². The lowest BCUT2D eigenvalue weighted by molar-refractivity contribution is 0.0965. The van der Waals surface area contributed by atoms with Crippen LogP contribution < -0.4 is 10.6 Å². The first kappa shape index (κ1) is 13.2. The lowest BCUT2D eigenvalue weighted by Gasteiger charge is -2.34. The first-order valence-electron chi connectivity index (χ1n) is 6.59. The molecule has 2 aliphatic rings. The van der Waals surface area contributed by atoms with Gasteiger partial charge in [0.2, 0.25) is 5.95 Å². The molecular weight excluding hydrogens is 282 g/mol. The highest BCUT2D eigenvalue weighted by Gasteiger charge is 2.41. The van der Waals surface area contributed by atoms with Gasteiger partial charge in [0.05, 0.1) is 6.04 Å². The summed E-state index contributed by atoms with van der Waals surface area (Å²) < 4.78 is 0. The second kappa shape index (κ2) is 4.97. The van der Waals surface area contributed by atoms with Crippen molar-refractivity contribution in [1.82, 2.24) is 14.9 Å². The van der Waals surface area contributed by atoms with E-state index in [-0.39, 0.29) is 12.0 Å². The minimum Gasteiger partial charge on any atom is -0.465 e.